The molecule has 0 saturated carbocycles. The number of carboxylic acid groups (broad SMARTS) is 1. The number of thioether (sulfide) groups is 1. The van der Waals surface area contributed by atoms with Crippen LogP contribution in [0.15, 0.2) is 23.1 Å². The van der Waals surface area contributed by atoms with Crippen LogP contribution in [0.4, 0.5) is 0 Å². The van der Waals surface area contributed by atoms with Crippen LogP contribution in [0.5, 0.6) is 11.5 Å². The number of ether oxygens (including phenoxy) is 1. The Morgan fingerprint density at radius 2 is 2.19 bits per heavy atom. The van der Waals surface area contributed by atoms with Crippen molar-refractivity contribution in [3.8, 4) is 11.5 Å². The Hall–Kier alpha value is -2.06. The molecule has 1 aliphatic rings. The van der Waals surface area contributed by atoms with Gasteiger partial charge in [0, 0.05) is 0 Å². The van der Waals surface area contributed by atoms with Gasteiger partial charge < -0.3 is 19.7 Å². The third kappa shape index (κ3) is 4.56. The number of thiocarbonyl (C=S) groups is 1. The van der Waals surface area contributed by atoms with E-state index < -0.39 is 17.9 Å². The number of amides is 1. The van der Waals surface area contributed by atoms with E-state index >= 15 is 0 Å². The highest BCUT2D eigenvalue weighted by Crippen LogP contribution is 2.36. The van der Waals surface area contributed by atoms with Crippen molar-refractivity contribution in [2.75, 3.05) is 6.61 Å². The molecule has 1 N–H and O–H groups in total. The van der Waals surface area contributed by atoms with Gasteiger partial charge >= 0.3 is 0 Å². The highest BCUT2D eigenvalue weighted by atomic mass is 32.2. The SMILES string of the molecule is CCCC[C@@H](C(=O)[O-])N1C(=O)/C(=C/c2ccc(O)c(OCC)c2)SC1=S. The molecular weight excluding hydrogens is 374 g/mol. The fraction of sp³-hybridized carbons (Fsp3) is 0.389. The zero-order chi connectivity index (χ0) is 19.3. The van der Waals surface area contributed by atoms with Crippen LogP contribution in [0, 0.1) is 0 Å². The molecule has 1 fully saturated rings. The first kappa shape index (κ1) is 20.3. The maximum Gasteiger partial charge on any atom is 0.266 e. The standard InChI is InChI=1S/C18H21NO5S2/c1-3-5-6-12(17(22)23)19-16(21)15(26-18(19)25)10-11-7-8-13(20)14(9-11)24-4-2/h7-10,12,20H,3-6H2,1-2H3,(H,22,23)/p-1/b15-10-/t12-/m0/s1. The Balaban J connectivity index is 2.28. The summed E-state index contributed by atoms with van der Waals surface area (Å²) in [5, 5.41) is 21.2. The van der Waals surface area contributed by atoms with Crippen molar-refractivity contribution in [3.63, 3.8) is 0 Å². The molecule has 1 saturated heterocycles. The quantitative estimate of drug-likeness (QED) is 0.534. The Kier molecular flexibility index (Phi) is 7.05. The topological polar surface area (TPSA) is 89.9 Å². The van der Waals surface area contributed by atoms with E-state index in [-0.39, 0.29) is 10.1 Å². The van der Waals surface area contributed by atoms with Crippen molar-refractivity contribution in [1.82, 2.24) is 4.90 Å². The molecule has 1 heterocycles. The van der Waals surface area contributed by atoms with E-state index in [0.29, 0.717) is 35.7 Å². The summed E-state index contributed by atoms with van der Waals surface area (Å²) in [7, 11) is 0. The molecule has 1 aromatic rings. The lowest BCUT2D eigenvalue weighted by Gasteiger charge is -2.27. The van der Waals surface area contributed by atoms with Crippen molar-refractivity contribution in [3.05, 3.63) is 28.7 Å². The number of unbranched alkanes of at least 4 members (excludes halogenated alkanes) is 1. The summed E-state index contributed by atoms with van der Waals surface area (Å²) in [6.07, 6.45) is 3.37. The number of aliphatic carboxylic acids is 1. The van der Waals surface area contributed by atoms with Crippen molar-refractivity contribution >= 4 is 46.3 Å². The third-order valence-corrected chi connectivity index (χ3v) is 5.15. The summed E-state index contributed by atoms with van der Waals surface area (Å²) in [6, 6.07) is 3.66. The smallest absolute Gasteiger partial charge is 0.266 e. The number of hydrogen-bond acceptors (Lipinski definition) is 7. The monoisotopic (exact) mass is 394 g/mol. The van der Waals surface area contributed by atoms with Gasteiger partial charge in [-0.15, -0.1) is 0 Å². The first-order chi connectivity index (χ1) is 12.4. The molecule has 140 valence electrons. The van der Waals surface area contributed by atoms with Crippen LogP contribution in [0.1, 0.15) is 38.7 Å². The van der Waals surface area contributed by atoms with Crippen molar-refractivity contribution in [2.45, 2.75) is 39.2 Å². The van der Waals surface area contributed by atoms with Gasteiger partial charge in [0.05, 0.1) is 23.5 Å². The van der Waals surface area contributed by atoms with Crippen LogP contribution in [0.3, 0.4) is 0 Å². The van der Waals surface area contributed by atoms with E-state index in [2.05, 4.69) is 0 Å². The minimum atomic E-state index is -1.31. The number of phenolic OH excluding ortho intramolecular Hbond substituents is 1. The summed E-state index contributed by atoms with van der Waals surface area (Å²) in [6.45, 7) is 4.13. The Morgan fingerprint density at radius 3 is 2.81 bits per heavy atom. The van der Waals surface area contributed by atoms with Gasteiger partial charge in [0.25, 0.3) is 5.91 Å². The van der Waals surface area contributed by atoms with Crippen molar-refractivity contribution in [1.29, 1.82) is 0 Å². The summed E-state index contributed by atoms with van der Waals surface area (Å²) < 4.78 is 5.54. The number of phenols is 1. The number of benzene rings is 1. The van der Waals surface area contributed by atoms with Gasteiger partial charge in [-0.1, -0.05) is 49.8 Å². The van der Waals surface area contributed by atoms with Crippen LogP contribution in [0.2, 0.25) is 0 Å². The predicted octanol–water partition coefficient (Wildman–Crippen LogP) is 2.30. The molecule has 0 radical (unpaired) electrons. The molecule has 1 aromatic carbocycles. The molecule has 0 bridgehead atoms. The largest absolute Gasteiger partial charge is 0.548 e. The maximum absolute atomic E-state index is 12.7. The van der Waals surface area contributed by atoms with E-state index in [0.717, 1.165) is 23.1 Å². The summed E-state index contributed by atoms with van der Waals surface area (Å²) in [5.41, 5.74) is 0.644. The Labute approximate surface area is 161 Å². The second-order valence-corrected chi connectivity index (χ2v) is 7.36. The molecule has 0 spiro atoms. The van der Waals surface area contributed by atoms with E-state index in [9.17, 15) is 19.8 Å². The van der Waals surface area contributed by atoms with Crippen molar-refractivity contribution in [2.24, 2.45) is 0 Å². The lowest BCUT2D eigenvalue weighted by atomic mass is 10.1. The third-order valence-electron chi connectivity index (χ3n) is 3.82. The highest BCUT2D eigenvalue weighted by molar-refractivity contribution is 8.26. The average molecular weight is 394 g/mol. The molecule has 0 aromatic heterocycles. The van der Waals surface area contributed by atoms with Crippen LogP contribution >= 0.6 is 24.0 Å². The van der Waals surface area contributed by atoms with Gasteiger partial charge in [-0.05, 0) is 37.1 Å². The Morgan fingerprint density at radius 1 is 1.46 bits per heavy atom. The minimum Gasteiger partial charge on any atom is -0.548 e. The average Bonchev–Trinajstić information content (AvgIpc) is 2.86. The molecule has 0 unspecified atom stereocenters. The van der Waals surface area contributed by atoms with Crippen LogP contribution in [0.25, 0.3) is 6.08 Å². The summed E-state index contributed by atoms with van der Waals surface area (Å²) >= 11 is 6.27. The van der Waals surface area contributed by atoms with Gasteiger partial charge in [-0.25, -0.2) is 0 Å². The molecule has 8 heteroatoms. The molecule has 1 amide bonds. The van der Waals surface area contributed by atoms with E-state index in [4.69, 9.17) is 17.0 Å². The number of carbonyl (C=O) groups excluding carboxylic acids is 2. The van der Waals surface area contributed by atoms with E-state index in [1.165, 1.54) is 6.07 Å². The van der Waals surface area contributed by atoms with Crippen LogP contribution < -0.4 is 9.84 Å². The zero-order valence-corrected chi connectivity index (χ0v) is 16.2. The fourth-order valence-electron chi connectivity index (χ4n) is 2.54. The van der Waals surface area contributed by atoms with Gasteiger partial charge in [-0.2, -0.15) is 0 Å². The normalized spacial score (nSPS) is 17.0. The maximum atomic E-state index is 12.7. The first-order valence-electron chi connectivity index (χ1n) is 8.32. The summed E-state index contributed by atoms with van der Waals surface area (Å²) in [5.74, 6) is -1.43. The van der Waals surface area contributed by atoms with E-state index in [1.807, 2.05) is 6.92 Å². The molecule has 1 aliphatic heterocycles. The second kappa shape index (κ2) is 9.05. The first-order valence-corrected chi connectivity index (χ1v) is 9.55. The number of aromatic hydroxyl groups is 1. The van der Waals surface area contributed by atoms with Gasteiger partial charge in [-0.3, -0.25) is 9.69 Å². The number of rotatable bonds is 8. The summed E-state index contributed by atoms with van der Waals surface area (Å²) in [4.78, 5) is 25.6. The second-order valence-electron chi connectivity index (χ2n) is 5.69. The lowest BCUT2D eigenvalue weighted by molar-refractivity contribution is -0.310. The minimum absolute atomic E-state index is 0.00753. The molecule has 2 rings (SSSR count). The van der Waals surface area contributed by atoms with Crippen LogP contribution in [-0.4, -0.2) is 38.9 Å². The molecule has 6 nitrogen and oxygen atoms in total. The molecule has 26 heavy (non-hydrogen) atoms. The van der Waals surface area contributed by atoms with Crippen LogP contribution in [-0.2, 0) is 9.59 Å². The lowest BCUT2D eigenvalue weighted by Crippen LogP contribution is -2.49. The molecular formula is C18H20NO5S2-. The number of nitrogens with zero attached hydrogens (tertiary/aromatic N) is 1. The van der Waals surface area contributed by atoms with Gasteiger partial charge in [0.2, 0.25) is 0 Å². The molecule has 0 aliphatic carbocycles. The van der Waals surface area contributed by atoms with Crippen molar-refractivity contribution < 1.29 is 24.5 Å². The highest BCUT2D eigenvalue weighted by Gasteiger charge is 2.37. The number of hydrogen-bond donors (Lipinski definition) is 1. The Bertz CT molecular complexity index is 747. The zero-order valence-electron chi connectivity index (χ0n) is 14.6. The molecule has 1 atom stereocenters. The number of carboxylic acids is 1. The van der Waals surface area contributed by atoms with Gasteiger partial charge in [0.1, 0.15) is 4.32 Å². The van der Waals surface area contributed by atoms with Gasteiger partial charge in [0.15, 0.2) is 11.5 Å². The predicted molar refractivity (Wildman–Crippen MR) is 103 cm³/mol. The number of carbonyl (C=O) groups is 2. The van der Waals surface area contributed by atoms with E-state index in [1.54, 1.807) is 25.1 Å². The fourth-order valence-corrected chi connectivity index (χ4v) is 3.90.